The standard InChI is InChI=1S/C9H14N2O5S/c1-6(5-17-11(15)16)8(12)10-4-2-3-7(10)9(13)14/h6-7H,2-5H2,1H3,(H,13,14)/t6-,7+/m1/s1. The van der Waals surface area contributed by atoms with Crippen LogP contribution < -0.4 is 0 Å². The largest absolute Gasteiger partial charge is 0.480 e. The minimum Gasteiger partial charge on any atom is -0.480 e. The third kappa shape index (κ3) is 3.58. The molecule has 1 rings (SSSR count). The van der Waals surface area contributed by atoms with Crippen molar-refractivity contribution < 1.29 is 19.0 Å². The van der Waals surface area contributed by atoms with Crippen molar-refractivity contribution in [3.8, 4) is 0 Å². The SMILES string of the molecule is C[C@H](CS[N+](=O)[O-])C(=O)N1CCC[C@H]1C(=O)O. The molecular weight excluding hydrogens is 248 g/mol. The Hall–Kier alpha value is -1.31. The van der Waals surface area contributed by atoms with Crippen LogP contribution in [0.4, 0.5) is 0 Å². The number of rotatable bonds is 5. The monoisotopic (exact) mass is 262 g/mol. The zero-order valence-electron chi connectivity index (χ0n) is 9.37. The Morgan fingerprint density at radius 1 is 1.65 bits per heavy atom. The van der Waals surface area contributed by atoms with Crippen molar-refractivity contribution in [2.24, 2.45) is 5.92 Å². The average Bonchev–Trinajstić information content (AvgIpc) is 2.73. The van der Waals surface area contributed by atoms with Crippen LogP contribution in [0.3, 0.4) is 0 Å². The molecule has 0 unspecified atom stereocenters. The second-order valence-corrected chi connectivity index (χ2v) is 4.84. The molecule has 1 aliphatic heterocycles. The van der Waals surface area contributed by atoms with Crippen LogP contribution in [0, 0.1) is 16.0 Å². The Morgan fingerprint density at radius 3 is 2.82 bits per heavy atom. The fourth-order valence-corrected chi connectivity index (χ4v) is 2.30. The van der Waals surface area contributed by atoms with Crippen molar-refractivity contribution in [1.82, 2.24) is 4.90 Å². The lowest BCUT2D eigenvalue weighted by molar-refractivity contribution is -0.284. The van der Waals surface area contributed by atoms with Crippen molar-refractivity contribution in [2.45, 2.75) is 25.8 Å². The number of carbonyl (C=O) groups is 2. The van der Waals surface area contributed by atoms with Crippen LogP contribution >= 0.6 is 11.9 Å². The molecule has 1 heterocycles. The van der Waals surface area contributed by atoms with Crippen molar-refractivity contribution >= 4 is 23.8 Å². The average molecular weight is 262 g/mol. The number of hydrogen-bond acceptors (Lipinski definition) is 5. The van der Waals surface area contributed by atoms with Gasteiger partial charge in [-0.15, -0.1) is 0 Å². The van der Waals surface area contributed by atoms with Crippen LogP contribution in [0.25, 0.3) is 0 Å². The van der Waals surface area contributed by atoms with Gasteiger partial charge in [0.25, 0.3) is 0 Å². The molecule has 0 aliphatic carbocycles. The van der Waals surface area contributed by atoms with Gasteiger partial charge in [-0.1, -0.05) is 6.92 Å². The summed E-state index contributed by atoms with van der Waals surface area (Å²) in [6.07, 6.45) is 1.12. The van der Waals surface area contributed by atoms with Crippen LogP contribution in [0.15, 0.2) is 0 Å². The molecule has 2 atom stereocenters. The van der Waals surface area contributed by atoms with E-state index < -0.39 is 22.3 Å². The van der Waals surface area contributed by atoms with E-state index in [1.165, 1.54) is 4.90 Å². The molecule has 0 saturated carbocycles. The van der Waals surface area contributed by atoms with Gasteiger partial charge in [-0.2, -0.15) is 0 Å². The quantitative estimate of drug-likeness (QED) is 0.443. The summed E-state index contributed by atoms with van der Waals surface area (Å²) < 4.78 is -0.553. The van der Waals surface area contributed by atoms with Gasteiger partial charge in [0.05, 0.1) is 11.7 Å². The molecule has 1 amide bonds. The number of likely N-dealkylation sites (tertiary alicyclic amines) is 1. The van der Waals surface area contributed by atoms with Gasteiger partial charge >= 0.3 is 5.97 Å². The third-order valence-corrected chi connectivity index (χ3v) is 3.53. The molecule has 1 saturated heterocycles. The summed E-state index contributed by atoms with van der Waals surface area (Å²) in [4.78, 5) is 34.3. The second-order valence-electron chi connectivity index (χ2n) is 3.95. The molecule has 17 heavy (non-hydrogen) atoms. The summed E-state index contributed by atoms with van der Waals surface area (Å²) in [7, 11) is 0. The fourth-order valence-electron chi connectivity index (χ4n) is 1.81. The molecule has 0 radical (unpaired) electrons. The maximum atomic E-state index is 11.9. The Morgan fingerprint density at radius 2 is 2.29 bits per heavy atom. The number of hydrogen-bond donors (Lipinski definition) is 1. The first kappa shape index (κ1) is 13.8. The molecule has 96 valence electrons. The topological polar surface area (TPSA) is 101 Å². The van der Waals surface area contributed by atoms with Gasteiger partial charge in [-0.3, -0.25) is 14.9 Å². The summed E-state index contributed by atoms with van der Waals surface area (Å²) in [5.41, 5.74) is 0. The van der Waals surface area contributed by atoms with Crippen molar-refractivity contribution in [3.63, 3.8) is 0 Å². The number of carboxylic acids is 1. The Bertz CT molecular complexity index is 335. The van der Waals surface area contributed by atoms with E-state index in [0.29, 0.717) is 31.3 Å². The van der Waals surface area contributed by atoms with E-state index in [-0.39, 0.29) is 11.7 Å². The molecule has 1 aliphatic rings. The van der Waals surface area contributed by atoms with E-state index in [1.54, 1.807) is 6.92 Å². The van der Waals surface area contributed by atoms with Crippen LogP contribution in [0.1, 0.15) is 19.8 Å². The van der Waals surface area contributed by atoms with Gasteiger partial charge < -0.3 is 10.0 Å². The van der Waals surface area contributed by atoms with Gasteiger partial charge in [0.1, 0.15) is 10.4 Å². The normalized spacial score (nSPS) is 21.2. The van der Waals surface area contributed by atoms with Crippen molar-refractivity contribution in [3.05, 3.63) is 10.1 Å². The van der Waals surface area contributed by atoms with Gasteiger partial charge in [0.2, 0.25) is 17.9 Å². The first-order chi connectivity index (χ1) is 7.93. The van der Waals surface area contributed by atoms with Crippen molar-refractivity contribution in [1.29, 1.82) is 0 Å². The van der Waals surface area contributed by atoms with E-state index in [9.17, 15) is 19.7 Å². The minimum atomic E-state index is -1.01. The number of amides is 1. The van der Waals surface area contributed by atoms with E-state index in [2.05, 4.69) is 0 Å². The van der Waals surface area contributed by atoms with E-state index in [1.807, 2.05) is 0 Å². The summed E-state index contributed by atoms with van der Waals surface area (Å²) in [6.45, 7) is 2.00. The highest BCUT2D eigenvalue weighted by Crippen LogP contribution is 2.21. The van der Waals surface area contributed by atoms with Crippen LogP contribution in [-0.2, 0) is 9.59 Å². The third-order valence-electron chi connectivity index (χ3n) is 2.67. The predicted molar refractivity (Wildman–Crippen MR) is 61.0 cm³/mol. The molecular formula is C9H14N2O5S. The van der Waals surface area contributed by atoms with Crippen LogP contribution in [0.5, 0.6) is 0 Å². The first-order valence-electron chi connectivity index (χ1n) is 5.24. The van der Waals surface area contributed by atoms with E-state index in [0.717, 1.165) is 0 Å². The Balaban J connectivity index is 2.56. The van der Waals surface area contributed by atoms with Gasteiger partial charge in [-0.05, 0) is 12.8 Å². The molecule has 0 spiro atoms. The van der Waals surface area contributed by atoms with E-state index in [4.69, 9.17) is 5.11 Å². The van der Waals surface area contributed by atoms with Gasteiger partial charge in [0.15, 0.2) is 0 Å². The number of aliphatic carboxylic acids is 1. The fraction of sp³-hybridized carbons (Fsp3) is 0.778. The smallest absolute Gasteiger partial charge is 0.326 e. The highest BCUT2D eigenvalue weighted by atomic mass is 32.2. The molecule has 7 nitrogen and oxygen atoms in total. The molecule has 1 fully saturated rings. The lowest BCUT2D eigenvalue weighted by Crippen LogP contribution is -2.43. The molecule has 0 bridgehead atoms. The lowest BCUT2D eigenvalue weighted by Gasteiger charge is -2.23. The van der Waals surface area contributed by atoms with Crippen LogP contribution in [-0.4, -0.2) is 44.6 Å². The van der Waals surface area contributed by atoms with Crippen LogP contribution in [0.2, 0.25) is 0 Å². The molecule has 1 N–H and O–H groups in total. The first-order valence-corrected chi connectivity index (χ1v) is 6.18. The predicted octanol–water partition coefficient (Wildman–Crippen LogP) is 0.623. The summed E-state index contributed by atoms with van der Waals surface area (Å²) >= 11 is 0.463. The summed E-state index contributed by atoms with van der Waals surface area (Å²) in [5, 5.41) is 19.1. The molecule has 0 aromatic rings. The van der Waals surface area contributed by atoms with Crippen molar-refractivity contribution in [2.75, 3.05) is 12.3 Å². The zero-order valence-corrected chi connectivity index (χ0v) is 10.2. The summed E-state index contributed by atoms with van der Waals surface area (Å²) in [5.74, 6) is -1.80. The summed E-state index contributed by atoms with van der Waals surface area (Å²) in [6, 6.07) is -0.773. The number of nitro groups is 1. The second kappa shape index (κ2) is 5.85. The minimum absolute atomic E-state index is 0.0642. The Labute approximate surface area is 102 Å². The molecule has 0 aromatic carbocycles. The molecule has 0 aromatic heterocycles. The number of carbonyl (C=O) groups excluding carboxylic acids is 1. The molecule has 8 heteroatoms. The zero-order chi connectivity index (χ0) is 13.0. The lowest BCUT2D eigenvalue weighted by atomic mass is 10.1. The number of carboxylic acid groups (broad SMARTS) is 1. The highest BCUT2D eigenvalue weighted by Gasteiger charge is 2.36. The van der Waals surface area contributed by atoms with Gasteiger partial charge in [-0.25, -0.2) is 4.79 Å². The Kier molecular flexibility index (Phi) is 4.73. The highest BCUT2D eigenvalue weighted by molar-refractivity contribution is 7.93. The number of nitrogens with zero attached hydrogens (tertiary/aromatic N) is 2. The van der Waals surface area contributed by atoms with Gasteiger partial charge in [0, 0.05) is 6.54 Å². The van der Waals surface area contributed by atoms with E-state index >= 15 is 0 Å². The maximum Gasteiger partial charge on any atom is 0.326 e. The maximum absolute atomic E-state index is 11.9.